The molecule has 2 saturated heterocycles. The van der Waals surface area contributed by atoms with Gasteiger partial charge in [-0.25, -0.2) is 9.69 Å². The quantitative estimate of drug-likeness (QED) is 0.110. The van der Waals surface area contributed by atoms with Gasteiger partial charge in [-0.15, -0.1) is 0 Å². The molecule has 0 unspecified atom stereocenters. The second kappa shape index (κ2) is 21.8. The molecule has 0 bridgehead atoms. The summed E-state index contributed by atoms with van der Waals surface area (Å²) in [5, 5.41) is 29.4. The van der Waals surface area contributed by atoms with Gasteiger partial charge in [-0.1, -0.05) is 26.0 Å². The lowest BCUT2D eigenvalue weighted by Gasteiger charge is -2.31. The zero-order valence-corrected chi connectivity index (χ0v) is 40.6. The summed E-state index contributed by atoms with van der Waals surface area (Å²) in [5.41, 5.74) is 0.976. The van der Waals surface area contributed by atoms with E-state index in [2.05, 4.69) is 20.9 Å². The summed E-state index contributed by atoms with van der Waals surface area (Å²) in [4.78, 5) is 89.3. The Morgan fingerprint density at radius 1 is 0.814 bits per heavy atom. The van der Waals surface area contributed by atoms with Crippen molar-refractivity contribution in [2.24, 2.45) is 16.3 Å². The topological polar surface area (TPSA) is 247 Å². The Kier molecular flexibility index (Phi) is 15.9. The van der Waals surface area contributed by atoms with E-state index in [0.717, 1.165) is 17.7 Å². The van der Waals surface area contributed by atoms with E-state index >= 15 is 0 Å². The number of aliphatic hydroxyl groups excluding tert-OH is 2. The molecule has 5 N–H and O–H groups in total. The highest BCUT2D eigenvalue weighted by atomic mass is 16.6. The number of ether oxygens (including phenoxy) is 5. The number of anilines is 2. The number of carbonyl (C=O) groups is 6. The molecule has 0 spiro atoms. The molecule has 0 aliphatic carbocycles. The molecule has 2 fully saturated rings. The van der Waals surface area contributed by atoms with Crippen LogP contribution in [0.3, 0.4) is 0 Å². The van der Waals surface area contributed by atoms with Crippen molar-refractivity contribution in [2.45, 2.75) is 104 Å². The maximum absolute atomic E-state index is 14.1. The predicted molar refractivity (Wildman–Crippen MR) is 257 cm³/mol. The number of methoxy groups -OCH3 is 2. The zero-order chi connectivity index (χ0) is 50.4. The van der Waals surface area contributed by atoms with Crippen LogP contribution in [0.5, 0.6) is 23.0 Å². The number of aliphatic hydroxyl groups is 2. The molecule has 20 nitrogen and oxygen atoms in total. The normalized spacial score (nSPS) is 19.2. The van der Waals surface area contributed by atoms with E-state index in [9.17, 15) is 39.0 Å². The van der Waals surface area contributed by atoms with Crippen LogP contribution < -0.4 is 39.8 Å². The van der Waals surface area contributed by atoms with Gasteiger partial charge in [-0.3, -0.25) is 29.0 Å². The highest BCUT2D eigenvalue weighted by Crippen LogP contribution is 2.42. The van der Waals surface area contributed by atoms with E-state index < -0.39 is 60.2 Å². The number of carbonyl (C=O) groups excluding carboxylic acids is 6. The van der Waals surface area contributed by atoms with Crippen molar-refractivity contribution in [2.75, 3.05) is 57.3 Å². The Labute approximate surface area is 406 Å². The SMILES string of the molecule is COc1cc2c(cc1OCCCOc1cc3c(cc1OC)C(=O)N1CCC[C@H]1[C@H](O)N3C(=O)OCc1ccc(NC(=O)[C@H](C)NC(=O)[C@@H](NC(=O)C(C)(C)CO)C(C)C)cc1)N=C[C@@H]1CCCN1C2=O. The fourth-order valence-electron chi connectivity index (χ4n) is 8.73. The van der Waals surface area contributed by atoms with Crippen molar-refractivity contribution < 1.29 is 62.7 Å². The molecule has 20 heteroatoms. The molecular weight excluding hydrogens is 907 g/mol. The third-order valence-electron chi connectivity index (χ3n) is 13.0. The van der Waals surface area contributed by atoms with Crippen molar-refractivity contribution in [1.29, 1.82) is 0 Å². The Morgan fingerprint density at radius 3 is 2.10 bits per heavy atom. The molecule has 70 heavy (non-hydrogen) atoms. The monoisotopic (exact) mass is 969 g/mol. The summed E-state index contributed by atoms with van der Waals surface area (Å²) in [7, 11) is 2.94. The van der Waals surface area contributed by atoms with Gasteiger partial charge in [0.2, 0.25) is 17.7 Å². The Morgan fingerprint density at radius 2 is 1.44 bits per heavy atom. The van der Waals surface area contributed by atoms with E-state index in [1.165, 1.54) is 33.3 Å². The van der Waals surface area contributed by atoms with Gasteiger partial charge >= 0.3 is 6.09 Å². The highest BCUT2D eigenvalue weighted by Gasteiger charge is 2.45. The molecule has 0 radical (unpaired) electrons. The van der Waals surface area contributed by atoms with Crippen LogP contribution >= 0.6 is 0 Å². The first-order valence-corrected chi connectivity index (χ1v) is 23.6. The number of hydrogen-bond acceptors (Lipinski definition) is 14. The van der Waals surface area contributed by atoms with E-state index in [4.69, 9.17) is 23.7 Å². The summed E-state index contributed by atoms with van der Waals surface area (Å²) in [6, 6.07) is 10.1. The first kappa shape index (κ1) is 50.9. The number of fused-ring (bicyclic) bond motifs is 4. The molecule has 4 aliphatic heterocycles. The van der Waals surface area contributed by atoms with Crippen molar-refractivity contribution in [3.63, 3.8) is 0 Å². The Balaban J connectivity index is 0.984. The minimum absolute atomic E-state index is 0.0383. The minimum Gasteiger partial charge on any atom is -0.493 e. The molecule has 7 rings (SSSR count). The number of nitrogens with one attached hydrogen (secondary N) is 3. The van der Waals surface area contributed by atoms with E-state index in [-0.39, 0.29) is 66.3 Å². The number of hydrogen-bond donors (Lipinski definition) is 5. The van der Waals surface area contributed by atoms with Crippen LogP contribution in [-0.2, 0) is 25.7 Å². The van der Waals surface area contributed by atoms with Crippen LogP contribution in [0.25, 0.3) is 0 Å². The number of amides is 6. The van der Waals surface area contributed by atoms with Gasteiger partial charge in [0.05, 0.1) is 74.0 Å². The minimum atomic E-state index is -1.46. The second-order valence-electron chi connectivity index (χ2n) is 18.8. The molecule has 5 atom stereocenters. The van der Waals surface area contributed by atoms with Gasteiger partial charge in [-0.2, -0.15) is 0 Å². The molecule has 4 aliphatic rings. The second-order valence-corrected chi connectivity index (χ2v) is 18.8. The fourth-order valence-corrected chi connectivity index (χ4v) is 8.73. The Hall–Kier alpha value is -6.93. The Bertz CT molecular complexity index is 2500. The number of aliphatic imine (C=N–C) groups is 1. The third kappa shape index (κ3) is 10.9. The van der Waals surface area contributed by atoms with Crippen molar-refractivity contribution >= 4 is 58.9 Å². The average Bonchev–Trinajstić information content (AvgIpc) is 4.01. The number of benzene rings is 3. The van der Waals surface area contributed by atoms with Gasteiger partial charge in [-0.05, 0) is 82.2 Å². The molecule has 3 aromatic carbocycles. The molecule has 0 aromatic heterocycles. The third-order valence-corrected chi connectivity index (χ3v) is 13.0. The lowest BCUT2D eigenvalue weighted by molar-refractivity contribution is -0.137. The van der Waals surface area contributed by atoms with Crippen LogP contribution in [0.2, 0.25) is 0 Å². The van der Waals surface area contributed by atoms with Crippen LogP contribution in [0.4, 0.5) is 21.9 Å². The summed E-state index contributed by atoms with van der Waals surface area (Å²) < 4.78 is 29.3. The maximum Gasteiger partial charge on any atom is 0.416 e. The zero-order valence-electron chi connectivity index (χ0n) is 40.6. The molecule has 0 saturated carbocycles. The lowest BCUT2D eigenvalue weighted by Crippen LogP contribution is -2.56. The maximum atomic E-state index is 14.1. The summed E-state index contributed by atoms with van der Waals surface area (Å²) in [5.74, 6) is -1.11. The highest BCUT2D eigenvalue weighted by molar-refractivity contribution is 6.06. The number of nitrogens with zero attached hydrogens (tertiary/aromatic N) is 4. The van der Waals surface area contributed by atoms with Crippen molar-refractivity contribution in [1.82, 2.24) is 20.4 Å². The first-order valence-electron chi connectivity index (χ1n) is 23.6. The molecule has 3 aromatic rings. The van der Waals surface area contributed by atoms with Crippen LogP contribution in [0.15, 0.2) is 53.5 Å². The average molecular weight is 970 g/mol. The van der Waals surface area contributed by atoms with Gasteiger partial charge in [0.1, 0.15) is 18.7 Å². The van der Waals surface area contributed by atoms with Crippen molar-refractivity contribution in [3.05, 3.63) is 65.2 Å². The van der Waals surface area contributed by atoms with Crippen molar-refractivity contribution in [3.8, 4) is 23.0 Å². The van der Waals surface area contributed by atoms with Gasteiger partial charge < -0.3 is 59.6 Å². The summed E-state index contributed by atoms with van der Waals surface area (Å²) >= 11 is 0. The fraction of sp³-hybridized carbons (Fsp3) is 0.500. The predicted octanol–water partition coefficient (Wildman–Crippen LogP) is 4.55. The number of rotatable bonds is 18. The smallest absolute Gasteiger partial charge is 0.416 e. The van der Waals surface area contributed by atoms with Crippen LogP contribution in [-0.4, -0.2) is 139 Å². The van der Waals surface area contributed by atoms with E-state index in [1.807, 2.05) is 11.1 Å². The molecule has 6 amide bonds. The van der Waals surface area contributed by atoms with Gasteiger partial charge in [0.15, 0.2) is 29.2 Å². The molecule has 4 heterocycles. The van der Waals surface area contributed by atoms with Gasteiger partial charge in [0, 0.05) is 43.5 Å². The molecular formula is C50H63N7O13. The lowest BCUT2D eigenvalue weighted by atomic mass is 9.92. The summed E-state index contributed by atoms with van der Waals surface area (Å²) in [6.07, 6.45) is 2.68. The van der Waals surface area contributed by atoms with Crippen LogP contribution in [0.1, 0.15) is 93.0 Å². The first-order chi connectivity index (χ1) is 33.5. The van der Waals surface area contributed by atoms with Crippen LogP contribution in [0, 0.1) is 11.3 Å². The van der Waals surface area contributed by atoms with Gasteiger partial charge in [0.25, 0.3) is 11.8 Å². The van der Waals surface area contributed by atoms with E-state index in [0.29, 0.717) is 66.4 Å². The summed E-state index contributed by atoms with van der Waals surface area (Å²) in [6.45, 7) is 8.86. The largest absolute Gasteiger partial charge is 0.493 e. The standard InChI is InChI=1S/C50H63N7O13/c1-28(2)42(54-48(64)50(4,5)27-58)44(60)52-29(3)43(59)53-31-15-13-30(14-16-31)26-70-49(65)57-37-24-41(39(67-7)22-34(37)46(62)56-18-9-12-36(56)47(57)63)69-20-10-19-68-40-23-35-33(21-38(40)66-6)45(61)55-17-8-11-32(55)25-51-35/h13-16,21-25,28-29,32,36,42,47,58,63H,8-12,17-20,26-27H2,1-7H3,(H,52,60)(H,53,59)(H,54,64)/t29-,32-,36-,42-,47-/m0/s1. The van der Waals surface area contributed by atoms with E-state index in [1.54, 1.807) is 69.0 Å². The molecule has 376 valence electrons.